The van der Waals surface area contributed by atoms with E-state index in [1.54, 1.807) is 6.07 Å². The quantitative estimate of drug-likeness (QED) is 0.824. The molecule has 0 saturated carbocycles. The van der Waals surface area contributed by atoms with Gasteiger partial charge in [0.15, 0.2) is 0 Å². The first kappa shape index (κ1) is 11.5. The smallest absolute Gasteiger partial charge is 0.124 e. The molecule has 2 nitrogen and oxygen atoms in total. The first-order valence-corrected chi connectivity index (χ1v) is 5.00. The Morgan fingerprint density at radius 1 is 1.33 bits per heavy atom. The van der Waals surface area contributed by atoms with Gasteiger partial charge in [-0.25, -0.2) is 4.39 Å². The van der Waals surface area contributed by atoms with Gasteiger partial charge < -0.3 is 5.32 Å². The molecule has 1 N–H and O–H groups in total. The maximum absolute atomic E-state index is 12.9. The Morgan fingerprint density at radius 3 is 2.53 bits per heavy atom. The molecular weight excluding hydrogens is 191 g/mol. The normalized spacial score (nSPS) is 12.3. The van der Waals surface area contributed by atoms with E-state index in [-0.39, 0.29) is 11.9 Å². The molecule has 0 fully saturated rings. The van der Waals surface area contributed by atoms with E-state index in [1.807, 2.05) is 13.0 Å². The van der Waals surface area contributed by atoms with E-state index in [0.717, 1.165) is 0 Å². The van der Waals surface area contributed by atoms with Crippen molar-refractivity contribution >= 4 is 5.69 Å². The Balaban J connectivity index is 2.91. The maximum Gasteiger partial charge on any atom is 0.124 e. The number of halogens is 1. The molecule has 0 spiro atoms. The Morgan fingerprint density at radius 2 is 2.00 bits per heavy atom. The number of nitrogens with zero attached hydrogens (tertiary/aromatic N) is 1. The second-order valence-electron chi connectivity index (χ2n) is 3.98. The fraction of sp³-hybridized carbons (Fsp3) is 0.417. The maximum atomic E-state index is 12.9. The molecule has 1 aromatic rings. The van der Waals surface area contributed by atoms with Crippen LogP contribution in [0.5, 0.6) is 0 Å². The molecule has 3 heteroatoms. The van der Waals surface area contributed by atoms with Crippen LogP contribution in [0.25, 0.3) is 0 Å². The van der Waals surface area contributed by atoms with Crippen LogP contribution in [0, 0.1) is 23.1 Å². The summed E-state index contributed by atoms with van der Waals surface area (Å²) in [5.74, 6) is 0.0795. The molecule has 0 aliphatic carbocycles. The zero-order chi connectivity index (χ0) is 11.4. The lowest BCUT2D eigenvalue weighted by Crippen LogP contribution is -2.22. The lowest BCUT2D eigenvalue weighted by Gasteiger charge is -2.19. The lowest BCUT2D eigenvalue weighted by molar-refractivity contribution is 0.559. The summed E-state index contributed by atoms with van der Waals surface area (Å²) in [4.78, 5) is 0. The van der Waals surface area contributed by atoms with E-state index < -0.39 is 0 Å². The number of hydrogen-bond donors (Lipinski definition) is 1. The first-order valence-electron chi connectivity index (χ1n) is 5.00. The van der Waals surface area contributed by atoms with Gasteiger partial charge in [-0.2, -0.15) is 5.26 Å². The van der Waals surface area contributed by atoms with E-state index in [1.165, 1.54) is 12.1 Å². The van der Waals surface area contributed by atoms with Gasteiger partial charge in [-0.15, -0.1) is 0 Å². The average Bonchev–Trinajstić information content (AvgIpc) is 2.20. The Kier molecular flexibility index (Phi) is 3.68. The number of benzene rings is 1. The van der Waals surface area contributed by atoms with Crippen LogP contribution < -0.4 is 5.32 Å². The molecule has 1 rings (SSSR count). The summed E-state index contributed by atoms with van der Waals surface area (Å²) in [6.45, 7) is 6.22. The van der Waals surface area contributed by atoms with Crippen molar-refractivity contribution in [1.82, 2.24) is 0 Å². The van der Waals surface area contributed by atoms with Gasteiger partial charge in [0, 0.05) is 6.04 Å². The second-order valence-corrected chi connectivity index (χ2v) is 3.98. The van der Waals surface area contributed by atoms with Crippen molar-refractivity contribution in [2.24, 2.45) is 5.92 Å². The number of anilines is 1. The van der Waals surface area contributed by atoms with Crippen molar-refractivity contribution in [3.8, 4) is 6.07 Å². The molecule has 0 amide bonds. The van der Waals surface area contributed by atoms with E-state index in [0.29, 0.717) is 17.2 Å². The number of hydrogen-bond acceptors (Lipinski definition) is 2. The van der Waals surface area contributed by atoms with Crippen molar-refractivity contribution in [1.29, 1.82) is 5.26 Å². The number of rotatable bonds is 3. The predicted octanol–water partition coefficient (Wildman–Crippen LogP) is 3.15. The van der Waals surface area contributed by atoms with Crippen LogP contribution in [-0.4, -0.2) is 6.04 Å². The Labute approximate surface area is 89.7 Å². The number of nitriles is 1. The summed E-state index contributed by atoms with van der Waals surface area (Å²) in [7, 11) is 0. The SMILES string of the molecule is CC(C)[C@H](C)Nc1ccc(F)cc1C#N. The van der Waals surface area contributed by atoms with Gasteiger partial charge in [0.1, 0.15) is 11.9 Å². The molecule has 1 atom stereocenters. The van der Waals surface area contributed by atoms with Crippen molar-refractivity contribution in [3.05, 3.63) is 29.6 Å². The summed E-state index contributed by atoms with van der Waals surface area (Å²) >= 11 is 0. The van der Waals surface area contributed by atoms with E-state index in [2.05, 4.69) is 19.2 Å². The van der Waals surface area contributed by atoms with Crippen LogP contribution in [-0.2, 0) is 0 Å². The predicted molar refractivity (Wildman–Crippen MR) is 59.0 cm³/mol. The summed E-state index contributed by atoms with van der Waals surface area (Å²) in [6, 6.07) is 6.44. The topological polar surface area (TPSA) is 35.8 Å². The highest BCUT2D eigenvalue weighted by Crippen LogP contribution is 2.18. The van der Waals surface area contributed by atoms with E-state index in [9.17, 15) is 4.39 Å². The van der Waals surface area contributed by atoms with E-state index >= 15 is 0 Å². The van der Waals surface area contributed by atoms with Gasteiger partial charge >= 0.3 is 0 Å². The van der Waals surface area contributed by atoms with E-state index in [4.69, 9.17) is 5.26 Å². The standard InChI is InChI=1S/C12H15FN2/c1-8(2)9(3)15-12-5-4-11(13)6-10(12)7-14/h4-6,8-9,15H,1-3H3/t9-/m0/s1. The summed E-state index contributed by atoms with van der Waals surface area (Å²) in [5, 5.41) is 12.0. The molecule has 0 heterocycles. The lowest BCUT2D eigenvalue weighted by atomic mass is 10.1. The third kappa shape index (κ3) is 2.95. The molecule has 80 valence electrons. The Bertz CT molecular complexity index is 380. The van der Waals surface area contributed by atoms with Gasteiger partial charge in [-0.05, 0) is 31.0 Å². The minimum Gasteiger partial charge on any atom is -0.381 e. The minimum atomic E-state index is -0.380. The first-order chi connectivity index (χ1) is 7.04. The highest BCUT2D eigenvalue weighted by molar-refractivity contribution is 5.57. The fourth-order valence-corrected chi connectivity index (χ4v) is 1.15. The highest BCUT2D eigenvalue weighted by atomic mass is 19.1. The van der Waals surface area contributed by atoms with Gasteiger partial charge in [0.25, 0.3) is 0 Å². The zero-order valence-corrected chi connectivity index (χ0v) is 9.21. The third-order valence-electron chi connectivity index (χ3n) is 2.49. The largest absolute Gasteiger partial charge is 0.381 e. The molecule has 0 saturated heterocycles. The van der Waals surface area contributed by atoms with Crippen LogP contribution in [0.4, 0.5) is 10.1 Å². The summed E-state index contributed by atoms with van der Waals surface area (Å²) in [5.41, 5.74) is 1.04. The molecule has 0 aliphatic heterocycles. The van der Waals surface area contributed by atoms with Crippen LogP contribution in [0.2, 0.25) is 0 Å². The van der Waals surface area contributed by atoms with Crippen molar-refractivity contribution in [2.75, 3.05) is 5.32 Å². The van der Waals surface area contributed by atoms with Gasteiger partial charge in [-0.1, -0.05) is 13.8 Å². The second kappa shape index (κ2) is 4.79. The van der Waals surface area contributed by atoms with Crippen molar-refractivity contribution in [2.45, 2.75) is 26.8 Å². The molecule has 0 aromatic heterocycles. The number of nitrogens with one attached hydrogen (secondary N) is 1. The molecule has 0 unspecified atom stereocenters. The highest BCUT2D eigenvalue weighted by Gasteiger charge is 2.09. The third-order valence-corrected chi connectivity index (χ3v) is 2.49. The van der Waals surface area contributed by atoms with Crippen molar-refractivity contribution < 1.29 is 4.39 Å². The van der Waals surface area contributed by atoms with Crippen LogP contribution in [0.1, 0.15) is 26.3 Å². The van der Waals surface area contributed by atoms with Crippen LogP contribution >= 0.6 is 0 Å². The van der Waals surface area contributed by atoms with Gasteiger partial charge in [-0.3, -0.25) is 0 Å². The molecule has 0 bridgehead atoms. The van der Waals surface area contributed by atoms with Crippen LogP contribution in [0.3, 0.4) is 0 Å². The monoisotopic (exact) mass is 206 g/mol. The average molecular weight is 206 g/mol. The van der Waals surface area contributed by atoms with Crippen LogP contribution in [0.15, 0.2) is 18.2 Å². The molecular formula is C12H15FN2. The minimum absolute atomic E-state index is 0.252. The zero-order valence-electron chi connectivity index (χ0n) is 9.21. The van der Waals surface area contributed by atoms with Crippen molar-refractivity contribution in [3.63, 3.8) is 0 Å². The van der Waals surface area contributed by atoms with Gasteiger partial charge in [0.2, 0.25) is 0 Å². The Hall–Kier alpha value is -1.56. The molecule has 0 radical (unpaired) electrons. The molecule has 0 aliphatic rings. The summed E-state index contributed by atoms with van der Waals surface area (Å²) in [6.07, 6.45) is 0. The molecule has 15 heavy (non-hydrogen) atoms. The van der Waals surface area contributed by atoms with Gasteiger partial charge in [0.05, 0.1) is 11.3 Å². The fourth-order valence-electron chi connectivity index (χ4n) is 1.15. The molecule has 1 aromatic carbocycles. The summed E-state index contributed by atoms with van der Waals surface area (Å²) < 4.78 is 12.9.